The highest BCUT2D eigenvalue weighted by Gasteiger charge is 2.51. The zero-order chi connectivity index (χ0) is 53.5. The SMILES string of the molecule is C(=C1/O[C@H](COCc2ccccc2)[C@@H](OCc2ccccc2)[C@H](OCc2ccccc2)[C@H]1OCc1ccccc1)/[C@@H]1O[C@H](COCc2ccccc2)[C@@H](OCc2ccccc2)[C@H](OCc2ccccc2)[C@H]1OCc1ccccc1. The van der Waals surface area contributed by atoms with E-state index >= 15 is 0 Å². The average molecular weight is 1060 g/mol. The predicted octanol–water partition coefficient (Wildman–Crippen LogP) is 13.0. The van der Waals surface area contributed by atoms with Crippen LogP contribution in [0.5, 0.6) is 0 Å². The second-order valence-corrected chi connectivity index (χ2v) is 19.9. The molecule has 0 spiro atoms. The summed E-state index contributed by atoms with van der Waals surface area (Å²) in [6.07, 6.45) is -4.35. The lowest BCUT2D eigenvalue weighted by Crippen LogP contribution is -2.61. The maximum Gasteiger partial charge on any atom is 0.150 e. The van der Waals surface area contributed by atoms with E-state index in [-0.39, 0.29) is 33.0 Å². The van der Waals surface area contributed by atoms with Crippen molar-refractivity contribution in [2.75, 3.05) is 13.2 Å². The van der Waals surface area contributed by atoms with Gasteiger partial charge < -0.3 is 47.4 Å². The first-order valence-corrected chi connectivity index (χ1v) is 27.4. The van der Waals surface area contributed by atoms with Crippen LogP contribution in [-0.2, 0) is 100 Å². The third-order valence-electron chi connectivity index (χ3n) is 14.0. The van der Waals surface area contributed by atoms with Crippen molar-refractivity contribution in [3.05, 3.63) is 299 Å². The predicted molar refractivity (Wildman–Crippen MR) is 304 cm³/mol. The first kappa shape index (κ1) is 55.3. The van der Waals surface area contributed by atoms with Crippen molar-refractivity contribution < 1.29 is 47.4 Å². The molecule has 10 nitrogen and oxygen atoms in total. The normalized spacial score (nSPS) is 22.5. The van der Waals surface area contributed by atoms with Crippen molar-refractivity contribution in [3.63, 3.8) is 0 Å². The maximum atomic E-state index is 7.42. The van der Waals surface area contributed by atoms with Crippen LogP contribution >= 0.6 is 0 Å². The fourth-order valence-electron chi connectivity index (χ4n) is 9.96. The second kappa shape index (κ2) is 29.8. The van der Waals surface area contributed by atoms with Gasteiger partial charge in [0, 0.05) is 0 Å². The topological polar surface area (TPSA) is 92.3 Å². The number of ether oxygens (including phenoxy) is 10. The Morgan fingerprint density at radius 2 is 0.557 bits per heavy atom. The van der Waals surface area contributed by atoms with Gasteiger partial charge in [0.2, 0.25) is 0 Å². The minimum absolute atomic E-state index is 0.177. The van der Waals surface area contributed by atoms with Crippen LogP contribution in [0.15, 0.2) is 254 Å². The Kier molecular flexibility index (Phi) is 20.8. The Morgan fingerprint density at radius 3 is 0.924 bits per heavy atom. The summed E-state index contributed by atoms with van der Waals surface area (Å²) in [4.78, 5) is 0. The molecule has 0 radical (unpaired) electrons. The van der Waals surface area contributed by atoms with Gasteiger partial charge in [-0.1, -0.05) is 243 Å². The summed E-state index contributed by atoms with van der Waals surface area (Å²) in [5, 5.41) is 0. The van der Waals surface area contributed by atoms with E-state index in [0.29, 0.717) is 38.8 Å². The van der Waals surface area contributed by atoms with Crippen molar-refractivity contribution in [2.24, 2.45) is 0 Å². The van der Waals surface area contributed by atoms with Gasteiger partial charge in [-0.05, 0) is 50.6 Å². The van der Waals surface area contributed by atoms with E-state index in [1.165, 1.54) is 0 Å². The molecule has 10 heteroatoms. The molecular formula is C69H70O10. The van der Waals surface area contributed by atoms with Gasteiger partial charge >= 0.3 is 0 Å². The molecule has 0 saturated carbocycles. The van der Waals surface area contributed by atoms with Crippen LogP contribution in [0.3, 0.4) is 0 Å². The van der Waals surface area contributed by atoms with Crippen molar-refractivity contribution in [2.45, 2.75) is 108 Å². The first-order chi connectivity index (χ1) is 39.2. The van der Waals surface area contributed by atoms with E-state index in [1.807, 2.05) is 152 Å². The Balaban J connectivity index is 1.08. The van der Waals surface area contributed by atoms with Gasteiger partial charge in [-0.3, -0.25) is 0 Å². The van der Waals surface area contributed by atoms with Gasteiger partial charge in [-0.15, -0.1) is 0 Å². The number of benzene rings is 8. The molecular weight excluding hydrogens is 989 g/mol. The van der Waals surface area contributed by atoms with Crippen molar-refractivity contribution >= 4 is 0 Å². The van der Waals surface area contributed by atoms with Crippen LogP contribution in [-0.4, -0.2) is 68.1 Å². The molecule has 406 valence electrons. The van der Waals surface area contributed by atoms with Crippen LogP contribution in [0, 0.1) is 0 Å². The molecule has 10 rings (SSSR count). The number of hydrogen-bond acceptors (Lipinski definition) is 10. The van der Waals surface area contributed by atoms with Crippen molar-refractivity contribution in [1.82, 2.24) is 0 Å². The van der Waals surface area contributed by atoms with Crippen LogP contribution in [0.1, 0.15) is 44.5 Å². The summed E-state index contributed by atoms with van der Waals surface area (Å²) in [5.74, 6) is 0.495. The highest BCUT2D eigenvalue weighted by atomic mass is 16.6. The monoisotopic (exact) mass is 1060 g/mol. The number of hydrogen-bond donors (Lipinski definition) is 0. The standard InChI is InChI=1S/C69H70O10/c1-9-25-52(26-10-1)42-70-50-62-66(74-46-56-33-17-5-18-34-56)68(76-48-58-37-21-7-22-38-58)64(72-44-54-29-13-3-14-30-54)60(78-62)41-61-65(73-45-55-31-15-4-16-32-55)69(77-49-59-39-23-8-24-40-59)67(75-47-57-35-19-6-20-36-57)63(79-61)51-71-43-53-27-11-2-12-28-53/h1-41,60,62-69H,42-51H2/b61-41-/t60-,62+,63+,64-,65-,66+,67+,68+,69+/m0/s1. The van der Waals surface area contributed by atoms with E-state index in [2.05, 4.69) is 97.1 Å². The summed E-state index contributed by atoms with van der Waals surface area (Å²) < 4.78 is 70.7. The molecule has 2 fully saturated rings. The lowest BCUT2D eigenvalue weighted by Gasteiger charge is -2.47. The van der Waals surface area contributed by atoms with Gasteiger partial charge in [-0.25, -0.2) is 0 Å². The molecule has 2 aliphatic heterocycles. The third kappa shape index (κ3) is 16.5. The molecule has 0 unspecified atom stereocenters. The largest absolute Gasteiger partial charge is 0.487 e. The Labute approximate surface area is 465 Å². The first-order valence-electron chi connectivity index (χ1n) is 27.4. The van der Waals surface area contributed by atoms with Gasteiger partial charge in [0.15, 0.2) is 6.10 Å². The molecule has 0 N–H and O–H groups in total. The van der Waals surface area contributed by atoms with Crippen LogP contribution in [0.2, 0.25) is 0 Å². The van der Waals surface area contributed by atoms with Crippen molar-refractivity contribution in [1.29, 1.82) is 0 Å². The van der Waals surface area contributed by atoms with Crippen LogP contribution < -0.4 is 0 Å². The molecule has 0 aliphatic carbocycles. The zero-order valence-corrected chi connectivity index (χ0v) is 44.5. The van der Waals surface area contributed by atoms with Crippen LogP contribution in [0.4, 0.5) is 0 Å². The van der Waals surface area contributed by atoms with E-state index < -0.39 is 54.9 Å². The minimum Gasteiger partial charge on any atom is -0.487 e. The molecule has 8 aromatic carbocycles. The number of rotatable bonds is 27. The second-order valence-electron chi connectivity index (χ2n) is 19.9. The smallest absolute Gasteiger partial charge is 0.150 e. The molecule has 2 heterocycles. The molecule has 2 saturated heterocycles. The maximum absolute atomic E-state index is 7.42. The Morgan fingerprint density at radius 1 is 0.278 bits per heavy atom. The minimum atomic E-state index is -0.808. The van der Waals surface area contributed by atoms with E-state index in [1.54, 1.807) is 0 Å². The fraction of sp³-hybridized carbons (Fsp3) is 0.275. The summed E-state index contributed by atoms with van der Waals surface area (Å²) in [7, 11) is 0. The Bertz CT molecular complexity index is 2960. The fourth-order valence-corrected chi connectivity index (χ4v) is 9.96. The summed E-state index contributed by atoms with van der Waals surface area (Å²) in [6.45, 7) is 2.81. The highest BCUT2D eigenvalue weighted by Crippen LogP contribution is 2.37. The van der Waals surface area contributed by atoms with Gasteiger partial charge in [-0.2, -0.15) is 0 Å². The summed E-state index contributed by atoms with van der Waals surface area (Å²) in [5.41, 5.74) is 8.09. The van der Waals surface area contributed by atoms with Crippen LogP contribution in [0.25, 0.3) is 0 Å². The molecule has 8 aromatic rings. The van der Waals surface area contributed by atoms with E-state index in [0.717, 1.165) is 44.5 Å². The van der Waals surface area contributed by atoms with Crippen molar-refractivity contribution in [3.8, 4) is 0 Å². The molecule has 0 aromatic heterocycles. The Hall–Kier alpha value is -7.06. The highest BCUT2D eigenvalue weighted by molar-refractivity contribution is 5.23. The molecule has 79 heavy (non-hydrogen) atoms. The molecule has 0 amide bonds. The third-order valence-corrected chi connectivity index (χ3v) is 14.0. The zero-order valence-electron chi connectivity index (χ0n) is 44.5. The lowest BCUT2D eigenvalue weighted by atomic mass is 9.91. The summed E-state index contributed by atoms with van der Waals surface area (Å²) >= 11 is 0. The molecule has 2 aliphatic rings. The van der Waals surface area contributed by atoms with E-state index in [9.17, 15) is 0 Å². The molecule has 0 bridgehead atoms. The average Bonchev–Trinajstić information content (AvgIpc) is 3.60. The van der Waals surface area contributed by atoms with Gasteiger partial charge in [0.05, 0.1) is 66.1 Å². The van der Waals surface area contributed by atoms with Gasteiger partial charge in [0.1, 0.15) is 54.6 Å². The van der Waals surface area contributed by atoms with E-state index in [4.69, 9.17) is 47.4 Å². The molecule has 9 atom stereocenters. The quantitative estimate of drug-likeness (QED) is 0.0496. The van der Waals surface area contributed by atoms with Gasteiger partial charge in [0.25, 0.3) is 0 Å². The lowest BCUT2D eigenvalue weighted by molar-refractivity contribution is -0.265. The summed E-state index contributed by atoms with van der Waals surface area (Å²) in [6, 6.07) is 81.2.